The maximum Gasteiger partial charge on any atom is 0.314 e. The second-order valence-corrected chi connectivity index (χ2v) is 22.8. The molecule has 0 aromatic carbocycles. The quantitative estimate of drug-likeness (QED) is 0.0669. The average molecular weight is 959 g/mol. The first-order valence-corrected chi connectivity index (χ1v) is 24.5. The minimum absolute atomic E-state index is 0.00114. The van der Waals surface area contributed by atoms with Gasteiger partial charge >= 0.3 is 5.97 Å². The van der Waals surface area contributed by atoms with Crippen LogP contribution in [0.15, 0.2) is 12.2 Å². The number of ether oxygens (including phenoxy) is 6. The summed E-state index contributed by atoms with van der Waals surface area (Å²) in [4.78, 5) is 15.0. The molecule has 12 N–H and O–H groups in total. The van der Waals surface area contributed by atoms with E-state index >= 15 is 0 Å². The predicted octanol–water partition coefficient (Wildman–Crippen LogP) is -1.03. The van der Waals surface area contributed by atoms with Crippen molar-refractivity contribution >= 4 is 5.97 Å². The van der Waals surface area contributed by atoms with E-state index in [1.807, 2.05) is 13.8 Å². The van der Waals surface area contributed by atoms with Gasteiger partial charge in [-0.25, -0.2) is 0 Å². The van der Waals surface area contributed by atoms with Crippen LogP contribution < -0.4 is 0 Å². The molecule has 19 nitrogen and oxygen atoms in total. The molecule has 0 radical (unpaired) electrons. The van der Waals surface area contributed by atoms with Gasteiger partial charge in [-0.3, -0.25) is 4.79 Å². The first kappa shape index (κ1) is 51.9. The summed E-state index contributed by atoms with van der Waals surface area (Å²) in [5, 5.41) is 126. The van der Waals surface area contributed by atoms with E-state index in [1.54, 1.807) is 0 Å². The molecule has 5 aliphatic carbocycles. The molecule has 8 rings (SSSR count). The van der Waals surface area contributed by atoms with Gasteiger partial charge in [0.2, 0.25) is 6.29 Å². The van der Waals surface area contributed by atoms with Gasteiger partial charge in [0.05, 0.1) is 37.9 Å². The Balaban J connectivity index is 1.00. The largest absolute Gasteiger partial charge is 0.432 e. The van der Waals surface area contributed by atoms with Gasteiger partial charge in [-0.05, 0) is 117 Å². The van der Waals surface area contributed by atoms with Gasteiger partial charge < -0.3 is 89.7 Å². The number of carbonyl (C=O) groups is 1. The summed E-state index contributed by atoms with van der Waals surface area (Å²) in [5.74, 6) is -0.388. The lowest BCUT2D eigenvalue weighted by atomic mass is 9.32. The molecule has 0 aromatic rings. The Bertz CT molecular complexity index is 1790. The van der Waals surface area contributed by atoms with Crippen LogP contribution in [0.25, 0.3) is 0 Å². The van der Waals surface area contributed by atoms with E-state index in [0.29, 0.717) is 32.1 Å². The summed E-state index contributed by atoms with van der Waals surface area (Å²) >= 11 is 0. The number of allylic oxidation sites excluding steroid dienone is 1. The molecule has 67 heavy (non-hydrogen) atoms. The number of hydrogen-bond acceptors (Lipinski definition) is 19. The van der Waals surface area contributed by atoms with Crippen molar-refractivity contribution in [2.45, 2.75) is 197 Å². The number of esters is 1. The minimum atomic E-state index is -1.82. The Morgan fingerprint density at radius 1 is 0.597 bits per heavy atom. The highest BCUT2D eigenvalue weighted by Crippen LogP contribution is 2.78. The second kappa shape index (κ2) is 18.9. The molecule has 8 fully saturated rings. The molecule has 384 valence electrons. The standard InChI is InChI=1S/C48H78O19/c1-21(2)22-9-14-48(43(61)67-42-39(60)36(57)33(54)26(65-42)19-62-40-37(58)34(55)31(52)24(17-49)63-40)16-15-46(5)23(30(22)48)7-8-28-44(3)12-11-29(45(4,20-51)27(44)10-13-47(28,46)6)66-41-38(59)35(56)32(53)25(18-50)64-41/h22-42,49-60H,1,7-20H2,2-6H3/t22-,23+,24+,25+,26+,27+,28+,29?,30+,31+,32+,33+,34-,35-,36-,37+,38+,39+,40+,41-,42-,44-,45-,46+,47+,48-/m0/s1. The lowest BCUT2D eigenvalue weighted by Crippen LogP contribution is -2.68. The van der Waals surface area contributed by atoms with Gasteiger partial charge in [-0.2, -0.15) is 0 Å². The number of rotatable bonds is 11. The summed E-state index contributed by atoms with van der Waals surface area (Å²) < 4.78 is 35.3. The van der Waals surface area contributed by atoms with E-state index in [4.69, 9.17) is 28.4 Å². The van der Waals surface area contributed by atoms with E-state index in [9.17, 15) is 66.1 Å². The molecule has 3 aliphatic heterocycles. The Morgan fingerprint density at radius 2 is 1.16 bits per heavy atom. The van der Waals surface area contributed by atoms with Crippen molar-refractivity contribution in [2.75, 3.05) is 26.4 Å². The molecular formula is C48H78O19. The Kier molecular flexibility index (Phi) is 14.6. The number of aliphatic hydroxyl groups is 12. The maximum absolute atomic E-state index is 15.0. The fourth-order valence-corrected chi connectivity index (χ4v) is 15.8. The zero-order valence-electron chi connectivity index (χ0n) is 39.5. The van der Waals surface area contributed by atoms with Crippen molar-refractivity contribution in [3.63, 3.8) is 0 Å². The Hall–Kier alpha value is -1.47. The van der Waals surface area contributed by atoms with E-state index in [0.717, 1.165) is 37.7 Å². The monoisotopic (exact) mass is 959 g/mol. The summed E-state index contributed by atoms with van der Waals surface area (Å²) in [6, 6.07) is 0. The third-order valence-corrected chi connectivity index (χ3v) is 19.9. The second-order valence-electron chi connectivity index (χ2n) is 22.8. The predicted molar refractivity (Wildman–Crippen MR) is 232 cm³/mol. The van der Waals surface area contributed by atoms with Crippen molar-refractivity contribution in [3.05, 3.63) is 12.2 Å². The molecule has 5 saturated carbocycles. The van der Waals surface area contributed by atoms with Crippen molar-refractivity contribution in [3.8, 4) is 0 Å². The highest BCUT2D eigenvalue weighted by atomic mass is 16.7. The van der Waals surface area contributed by atoms with Gasteiger partial charge in [-0.15, -0.1) is 0 Å². The average Bonchev–Trinajstić information content (AvgIpc) is 3.71. The molecule has 0 aromatic heterocycles. The SMILES string of the molecule is C=C(C)[C@@H]1CC[C@]2(C(=O)O[C@@H]3O[C@H](CO[C@@H]4O[C@H](CO)[C@@H](O)[C@H](O)[C@H]4O)[C@@H](O)[C@H](O)[C@H]3O)CC[C@]3(C)[C@H](CC[C@@H]4[C@@]5(C)CCC(O[C@@H]6O[C@H](CO)[C@@H](O)[C@H](O)[C@H]6O)[C@@](C)(CO)[C@@H]5CC[C@]43C)[C@@H]12. The maximum atomic E-state index is 15.0. The van der Waals surface area contributed by atoms with Crippen LogP contribution in [0.4, 0.5) is 0 Å². The van der Waals surface area contributed by atoms with Crippen molar-refractivity contribution in [1.29, 1.82) is 0 Å². The van der Waals surface area contributed by atoms with Gasteiger partial charge in [-0.1, -0.05) is 39.8 Å². The molecule has 19 heteroatoms. The molecule has 0 amide bonds. The van der Waals surface area contributed by atoms with Crippen LogP contribution >= 0.6 is 0 Å². The van der Waals surface area contributed by atoms with E-state index < -0.39 is 135 Å². The van der Waals surface area contributed by atoms with Crippen molar-refractivity contribution in [2.24, 2.45) is 56.7 Å². The summed E-state index contributed by atoms with van der Waals surface area (Å²) in [6.07, 6.45) is -16.9. The minimum Gasteiger partial charge on any atom is -0.432 e. The van der Waals surface area contributed by atoms with Crippen LogP contribution in [-0.2, 0) is 33.2 Å². The number of hydrogen-bond donors (Lipinski definition) is 12. The number of aliphatic hydroxyl groups excluding tert-OH is 12. The molecule has 0 spiro atoms. The molecule has 3 saturated heterocycles. The summed E-state index contributed by atoms with van der Waals surface area (Å²) in [5.41, 5.74) is -1.40. The molecule has 26 atom stereocenters. The normalized spacial score (nSPS) is 55.4. The van der Waals surface area contributed by atoms with E-state index in [2.05, 4.69) is 27.4 Å². The Morgan fingerprint density at radius 3 is 1.76 bits per heavy atom. The van der Waals surface area contributed by atoms with Crippen LogP contribution in [0, 0.1) is 56.7 Å². The molecular weight excluding hydrogens is 881 g/mol. The molecule has 8 aliphatic rings. The van der Waals surface area contributed by atoms with Gasteiger partial charge in [0.1, 0.15) is 73.2 Å². The van der Waals surface area contributed by atoms with Crippen molar-refractivity contribution in [1.82, 2.24) is 0 Å². The van der Waals surface area contributed by atoms with Gasteiger partial charge in [0.25, 0.3) is 0 Å². The highest BCUT2D eigenvalue weighted by molar-refractivity contribution is 5.78. The molecule has 1 unspecified atom stereocenters. The zero-order valence-corrected chi connectivity index (χ0v) is 39.5. The highest BCUT2D eigenvalue weighted by Gasteiger charge is 2.73. The topological polar surface area (TPSA) is 315 Å². The van der Waals surface area contributed by atoms with Crippen LogP contribution in [-0.4, -0.2) is 192 Å². The van der Waals surface area contributed by atoms with Crippen LogP contribution in [0.5, 0.6) is 0 Å². The van der Waals surface area contributed by atoms with Gasteiger partial charge in [0.15, 0.2) is 12.6 Å². The van der Waals surface area contributed by atoms with Crippen molar-refractivity contribution < 1.29 is 94.5 Å². The fourth-order valence-electron chi connectivity index (χ4n) is 15.8. The van der Waals surface area contributed by atoms with Crippen LogP contribution in [0.1, 0.15) is 98.8 Å². The molecule has 0 bridgehead atoms. The Labute approximate surface area is 392 Å². The smallest absolute Gasteiger partial charge is 0.314 e. The number of fused-ring (bicyclic) bond motifs is 7. The fraction of sp³-hybridized carbons (Fsp3) is 0.938. The third-order valence-electron chi connectivity index (χ3n) is 19.9. The summed E-state index contributed by atoms with van der Waals surface area (Å²) in [6.45, 7) is 13.6. The van der Waals surface area contributed by atoms with Crippen LogP contribution in [0.3, 0.4) is 0 Å². The summed E-state index contributed by atoms with van der Waals surface area (Å²) in [7, 11) is 0. The third kappa shape index (κ3) is 8.01. The lowest BCUT2D eigenvalue weighted by Gasteiger charge is -2.73. The first-order chi connectivity index (χ1) is 31.5. The number of carbonyl (C=O) groups excluding carboxylic acids is 1. The van der Waals surface area contributed by atoms with Crippen LogP contribution in [0.2, 0.25) is 0 Å². The molecule has 3 heterocycles. The van der Waals surface area contributed by atoms with Gasteiger partial charge in [0, 0.05) is 5.41 Å². The van der Waals surface area contributed by atoms with E-state index in [-0.39, 0.29) is 52.4 Å². The zero-order chi connectivity index (χ0) is 48.9. The first-order valence-electron chi connectivity index (χ1n) is 24.5. The lowest BCUT2D eigenvalue weighted by molar-refractivity contribution is -0.335. The van der Waals surface area contributed by atoms with E-state index in [1.165, 1.54) is 0 Å².